The lowest BCUT2D eigenvalue weighted by atomic mass is 9.59. The second kappa shape index (κ2) is 9.84. The van der Waals surface area contributed by atoms with E-state index >= 15 is 8.78 Å². The summed E-state index contributed by atoms with van der Waals surface area (Å²) in [6.45, 7) is 3.75. The Labute approximate surface area is 228 Å². The van der Waals surface area contributed by atoms with Crippen molar-refractivity contribution in [2.45, 2.75) is 43.7 Å². The Bertz CT molecular complexity index is 1350. The molecule has 12 heteroatoms. The number of aliphatic imine (C=N–C) groups is 1. The minimum absolute atomic E-state index is 0.0179. The molecule has 1 spiro atoms. The molecule has 2 aromatic rings. The first-order valence-corrected chi connectivity index (χ1v) is 12.8. The van der Waals surface area contributed by atoms with Crippen LogP contribution in [0.3, 0.4) is 0 Å². The zero-order chi connectivity index (χ0) is 27.4. The van der Waals surface area contributed by atoms with Crippen LogP contribution in [-0.2, 0) is 25.8 Å². The summed E-state index contributed by atoms with van der Waals surface area (Å²) in [7, 11) is 1.48. The average Bonchev–Trinajstić information content (AvgIpc) is 3.46. The third-order valence-electron chi connectivity index (χ3n) is 7.30. The molecule has 3 atom stereocenters. The highest BCUT2D eigenvalue weighted by Crippen LogP contribution is 2.64. The standard InChI is InChI=1S/C26H26Cl2F2N4O4/c1-13-6-15(20-9-25(12-31-20)18-7-16(27)8-19(28)22(18)26(25,29)30)4-5-17(13)23(35)32-21-11-38-34(24(21)36)10-14(2)33-37-3/h4-8,14,21,33H,9-12H2,1-3H3,(H,32,35)/t14?,21-,25?/m1/s1. The van der Waals surface area contributed by atoms with E-state index in [-0.39, 0.29) is 48.7 Å². The van der Waals surface area contributed by atoms with Crippen LogP contribution < -0.4 is 10.8 Å². The van der Waals surface area contributed by atoms with Gasteiger partial charge in [0.2, 0.25) is 0 Å². The molecule has 2 aliphatic heterocycles. The van der Waals surface area contributed by atoms with Crippen LogP contribution >= 0.6 is 23.2 Å². The zero-order valence-corrected chi connectivity index (χ0v) is 22.4. The Kier molecular flexibility index (Phi) is 6.98. The molecule has 2 unspecified atom stereocenters. The molecule has 38 heavy (non-hydrogen) atoms. The maximum absolute atomic E-state index is 15.3. The van der Waals surface area contributed by atoms with Crippen molar-refractivity contribution in [3.05, 3.63) is 68.2 Å². The average molecular weight is 567 g/mol. The number of nitrogens with zero attached hydrogens (tertiary/aromatic N) is 2. The number of amides is 2. The van der Waals surface area contributed by atoms with E-state index in [2.05, 4.69) is 15.8 Å². The summed E-state index contributed by atoms with van der Waals surface area (Å²) in [4.78, 5) is 40.3. The molecular weight excluding hydrogens is 541 g/mol. The van der Waals surface area contributed by atoms with Crippen LogP contribution in [-0.4, -0.2) is 61.5 Å². The maximum Gasteiger partial charge on any atom is 0.286 e. The minimum Gasteiger partial charge on any atom is -0.338 e. The van der Waals surface area contributed by atoms with E-state index in [1.807, 2.05) is 6.92 Å². The second-order valence-electron chi connectivity index (χ2n) is 9.88. The van der Waals surface area contributed by atoms with Crippen LogP contribution in [0.1, 0.15) is 46.0 Å². The number of carbonyl (C=O) groups is 2. The number of rotatable bonds is 7. The molecule has 202 valence electrons. The van der Waals surface area contributed by atoms with Crippen LogP contribution in [0.4, 0.5) is 8.78 Å². The summed E-state index contributed by atoms with van der Waals surface area (Å²) in [6, 6.07) is 6.90. The molecule has 0 radical (unpaired) electrons. The van der Waals surface area contributed by atoms with Crippen LogP contribution in [0.15, 0.2) is 35.3 Å². The molecule has 2 amide bonds. The van der Waals surface area contributed by atoms with Crippen molar-refractivity contribution < 1.29 is 28.0 Å². The van der Waals surface area contributed by atoms with Crippen molar-refractivity contribution in [1.82, 2.24) is 15.9 Å². The SMILES string of the molecule is CONC(C)CN1OC[C@@H](NC(=O)c2ccc(C3=NCC4(C3)c3cc(Cl)cc(Cl)c3C4(F)F)cc2C)C1=O. The highest BCUT2D eigenvalue weighted by Gasteiger charge is 2.68. The summed E-state index contributed by atoms with van der Waals surface area (Å²) < 4.78 is 30.6. The van der Waals surface area contributed by atoms with Gasteiger partial charge in [0.05, 0.1) is 30.6 Å². The number of hydrogen-bond donors (Lipinski definition) is 2. The second-order valence-corrected chi connectivity index (χ2v) is 10.7. The predicted molar refractivity (Wildman–Crippen MR) is 138 cm³/mol. The Balaban J connectivity index is 1.27. The lowest BCUT2D eigenvalue weighted by molar-refractivity contribution is -0.165. The van der Waals surface area contributed by atoms with E-state index in [4.69, 9.17) is 32.9 Å². The number of alkyl halides is 2. The molecular formula is C26H26Cl2F2N4O4. The van der Waals surface area contributed by atoms with Gasteiger partial charge in [-0.2, -0.15) is 5.48 Å². The van der Waals surface area contributed by atoms with Crippen molar-refractivity contribution >= 4 is 40.7 Å². The Morgan fingerprint density at radius 2 is 2.08 bits per heavy atom. The van der Waals surface area contributed by atoms with Crippen molar-refractivity contribution in [3.63, 3.8) is 0 Å². The summed E-state index contributed by atoms with van der Waals surface area (Å²) in [6.07, 6.45) is 0.0226. The van der Waals surface area contributed by atoms with Crippen LogP contribution in [0.2, 0.25) is 10.0 Å². The first-order valence-electron chi connectivity index (χ1n) is 12.0. The predicted octanol–water partition coefficient (Wildman–Crippen LogP) is 3.95. The fraction of sp³-hybridized carbons (Fsp3) is 0.423. The third-order valence-corrected chi connectivity index (χ3v) is 7.82. The number of aryl methyl sites for hydroxylation is 1. The van der Waals surface area contributed by atoms with Crippen LogP contribution in [0.25, 0.3) is 0 Å². The molecule has 0 bridgehead atoms. The molecule has 1 saturated heterocycles. The van der Waals surface area contributed by atoms with Gasteiger partial charge >= 0.3 is 0 Å². The number of hydrogen-bond acceptors (Lipinski definition) is 6. The highest BCUT2D eigenvalue weighted by atomic mass is 35.5. The van der Waals surface area contributed by atoms with Gasteiger partial charge in [-0.25, -0.2) is 13.8 Å². The van der Waals surface area contributed by atoms with Crippen LogP contribution in [0.5, 0.6) is 0 Å². The van der Waals surface area contributed by atoms with Gasteiger partial charge in [0.15, 0.2) is 0 Å². The van der Waals surface area contributed by atoms with Gasteiger partial charge in [0, 0.05) is 34.3 Å². The molecule has 2 heterocycles. The largest absolute Gasteiger partial charge is 0.338 e. The normalized spacial score (nSPS) is 24.3. The maximum atomic E-state index is 15.3. The molecule has 0 saturated carbocycles. The quantitative estimate of drug-likeness (QED) is 0.495. The molecule has 1 aliphatic carbocycles. The number of nitrogens with one attached hydrogen (secondary N) is 2. The van der Waals surface area contributed by atoms with Gasteiger partial charge in [-0.15, -0.1) is 0 Å². The number of carbonyl (C=O) groups excluding carboxylic acids is 2. The molecule has 0 aromatic heterocycles. The fourth-order valence-corrected chi connectivity index (χ4v) is 5.98. The number of fused-ring (bicyclic) bond motifs is 2. The lowest BCUT2D eigenvalue weighted by Gasteiger charge is -2.48. The van der Waals surface area contributed by atoms with E-state index in [0.717, 1.165) is 0 Å². The van der Waals surface area contributed by atoms with Gasteiger partial charge in [0.1, 0.15) is 12.6 Å². The molecule has 2 N–H and O–H groups in total. The first-order chi connectivity index (χ1) is 18.0. The van der Waals surface area contributed by atoms with Gasteiger partial charge in [-0.1, -0.05) is 29.3 Å². The van der Waals surface area contributed by atoms with Crippen molar-refractivity contribution in [3.8, 4) is 0 Å². The monoisotopic (exact) mass is 566 g/mol. The summed E-state index contributed by atoms with van der Waals surface area (Å²) in [5.41, 5.74) is 3.63. The third kappa shape index (κ3) is 4.28. The van der Waals surface area contributed by atoms with Gasteiger partial charge in [-0.3, -0.25) is 19.4 Å². The topological polar surface area (TPSA) is 92.3 Å². The molecule has 3 aliphatic rings. The zero-order valence-electron chi connectivity index (χ0n) is 20.9. The van der Waals surface area contributed by atoms with E-state index in [1.54, 1.807) is 31.2 Å². The lowest BCUT2D eigenvalue weighted by Crippen LogP contribution is -2.54. The smallest absolute Gasteiger partial charge is 0.286 e. The van der Waals surface area contributed by atoms with E-state index in [1.165, 1.54) is 18.2 Å². The van der Waals surface area contributed by atoms with Crippen molar-refractivity contribution in [2.75, 3.05) is 26.8 Å². The van der Waals surface area contributed by atoms with Crippen LogP contribution in [0, 0.1) is 6.92 Å². The van der Waals surface area contributed by atoms with Crippen molar-refractivity contribution in [1.29, 1.82) is 0 Å². The Morgan fingerprint density at radius 1 is 1.32 bits per heavy atom. The summed E-state index contributed by atoms with van der Waals surface area (Å²) in [5.74, 6) is -3.93. The van der Waals surface area contributed by atoms with Crippen molar-refractivity contribution in [2.24, 2.45) is 4.99 Å². The van der Waals surface area contributed by atoms with E-state index < -0.39 is 23.3 Å². The first kappa shape index (κ1) is 27.0. The molecule has 5 rings (SSSR count). The molecule has 2 aromatic carbocycles. The molecule has 1 fully saturated rings. The van der Waals surface area contributed by atoms with E-state index in [9.17, 15) is 9.59 Å². The van der Waals surface area contributed by atoms with E-state index in [0.29, 0.717) is 33.0 Å². The molecule has 8 nitrogen and oxygen atoms in total. The Hall–Kier alpha value is -2.63. The number of benzene rings is 2. The Morgan fingerprint density at radius 3 is 2.79 bits per heavy atom. The van der Waals surface area contributed by atoms with Gasteiger partial charge in [0.25, 0.3) is 17.7 Å². The van der Waals surface area contributed by atoms with Gasteiger partial charge < -0.3 is 10.2 Å². The highest BCUT2D eigenvalue weighted by molar-refractivity contribution is 6.35. The fourth-order valence-electron chi connectivity index (χ4n) is 5.37. The summed E-state index contributed by atoms with van der Waals surface area (Å²) in [5, 5.41) is 4.17. The minimum atomic E-state index is -3.13. The van der Waals surface area contributed by atoms with Gasteiger partial charge in [-0.05, 0) is 54.8 Å². The summed E-state index contributed by atoms with van der Waals surface area (Å²) >= 11 is 12.2. The number of hydroxylamine groups is 3. The number of halogens is 4.